The smallest absolute Gasteiger partial charge is 0.119 e. The highest BCUT2D eigenvalue weighted by atomic mass is 32.1. The fourth-order valence-corrected chi connectivity index (χ4v) is 2.59. The highest BCUT2D eigenvalue weighted by Crippen LogP contribution is 2.22. The van der Waals surface area contributed by atoms with Gasteiger partial charge in [-0.15, -0.1) is 11.3 Å². The Kier molecular flexibility index (Phi) is 4.39. The number of nitrogens with two attached hydrogens (primary N) is 1. The highest BCUT2D eigenvalue weighted by molar-refractivity contribution is 7.09. The van der Waals surface area contributed by atoms with Crippen molar-refractivity contribution in [2.75, 3.05) is 0 Å². The van der Waals surface area contributed by atoms with E-state index in [1.165, 1.54) is 4.88 Å². The van der Waals surface area contributed by atoms with Crippen molar-refractivity contribution >= 4 is 11.3 Å². The lowest BCUT2D eigenvalue weighted by Crippen LogP contribution is -2.12. The fourth-order valence-electron chi connectivity index (χ4n) is 1.83. The summed E-state index contributed by atoms with van der Waals surface area (Å²) in [5.41, 5.74) is 7.36. The predicted molar refractivity (Wildman–Crippen MR) is 77.2 cm³/mol. The first kappa shape index (κ1) is 13.1. The first-order valence-electron chi connectivity index (χ1n) is 6.19. The molecule has 1 aromatic carbocycles. The first-order valence-corrected chi connectivity index (χ1v) is 7.07. The first-order chi connectivity index (χ1) is 8.65. The van der Waals surface area contributed by atoms with Gasteiger partial charge in [0.15, 0.2) is 0 Å². The van der Waals surface area contributed by atoms with E-state index in [9.17, 15) is 0 Å². The van der Waals surface area contributed by atoms with Crippen LogP contribution in [0.4, 0.5) is 0 Å². The third-order valence-electron chi connectivity index (χ3n) is 2.68. The van der Waals surface area contributed by atoms with E-state index in [2.05, 4.69) is 29.6 Å². The average molecular weight is 261 g/mol. The SMILES string of the molecule is CC(C)Oc1ccc(C(N)Cc2cccs2)cc1. The molecule has 2 N–H and O–H groups in total. The van der Waals surface area contributed by atoms with Gasteiger partial charge >= 0.3 is 0 Å². The van der Waals surface area contributed by atoms with Crippen LogP contribution < -0.4 is 10.5 Å². The summed E-state index contributed by atoms with van der Waals surface area (Å²) in [6.45, 7) is 4.05. The minimum atomic E-state index is 0.0525. The van der Waals surface area contributed by atoms with Gasteiger partial charge in [-0.2, -0.15) is 0 Å². The minimum absolute atomic E-state index is 0.0525. The zero-order valence-corrected chi connectivity index (χ0v) is 11.6. The molecule has 96 valence electrons. The lowest BCUT2D eigenvalue weighted by molar-refractivity contribution is 0.242. The third-order valence-corrected chi connectivity index (χ3v) is 3.58. The molecule has 2 rings (SSSR count). The maximum Gasteiger partial charge on any atom is 0.119 e. The van der Waals surface area contributed by atoms with E-state index in [1.54, 1.807) is 11.3 Å². The lowest BCUT2D eigenvalue weighted by Gasteiger charge is -2.13. The van der Waals surface area contributed by atoms with Crippen LogP contribution in [0.2, 0.25) is 0 Å². The van der Waals surface area contributed by atoms with Crippen molar-refractivity contribution in [1.82, 2.24) is 0 Å². The summed E-state index contributed by atoms with van der Waals surface area (Å²) in [5, 5.41) is 2.08. The van der Waals surface area contributed by atoms with Gasteiger partial charge < -0.3 is 10.5 Å². The van der Waals surface area contributed by atoms with Crippen molar-refractivity contribution in [3.63, 3.8) is 0 Å². The molecule has 0 aliphatic rings. The largest absolute Gasteiger partial charge is 0.491 e. The summed E-state index contributed by atoms with van der Waals surface area (Å²) >= 11 is 1.75. The molecule has 1 unspecified atom stereocenters. The van der Waals surface area contributed by atoms with Crippen LogP contribution in [0.3, 0.4) is 0 Å². The molecule has 1 atom stereocenters. The molecule has 18 heavy (non-hydrogen) atoms. The van der Waals surface area contributed by atoms with Crippen LogP contribution >= 0.6 is 11.3 Å². The number of ether oxygens (including phenoxy) is 1. The van der Waals surface area contributed by atoms with Crippen molar-refractivity contribution in [3.8, 4) is 5.75 Å². The average Bonchev–Trinajstić information content (AvgIpc) is 2.82. The molecule has 1 aromatic heterocycles. The Balaban J connectivity index is 2.00. The van der Waals surface area contributed by atoms with Crippen molar-refractivity contribution in [2.24, 2.45) is 5.73 Å². The van der Waals surface area contributed by atoms with E-state index in [0.717, 1.165) is 17.7 Å². The van der Waals surface area contributed by atoms with E-state index in [-0.39, 0.29) is 12.1 Å². The molecule has 0 saturated heterocycles. The zero-order valence-electron chi connectivity index (χ0n) is 10.8. The van der Waals surface area contributed by atoms with Crippen molar-refractivity contribution in [2.45, 2.75) is 32.4 Å². The molecule has 0 fully saturated rings. The molecule has 3 heteroatoms. The molecule has 0 bridgehead atoms. The van der Waals surface area contributed by atoms with Crippen LogP contribution in [0.1, 0.15) is 30.3 Å². The van der Waals surface area contributed by atoms with Crippen LogP contribution in [0.25, 0.3) is 0 Å². The molecule has 2 aromatic rings. The maximum absolute atomic E-state index is 6.20. The quantitative estimate of drug-likeness (QED) is 0.889. The normalized spacial score (nSPS) is 12.7. The van der Waals surface area contributed by atoms with Crippen LogP contribution in [0.5, 0.6) is 5.75 Å². The highest BCUT2D eigenvalue weighted by Gasteiger charge is 2.08. The fraction of sp³-hybridized carbons (Fsp3) is 0.333. The molecule has 0 aliphatic heterocycles. The van der Waals surface area contributed by atoms with Gasteiger partial charge in [0.05, 0.1) is 6.10 Å². The van der Waals surface area contributed by atoms with Gasteiger partial charge in [0.2, 0.25) is 0 Å². The minimum Gasteiger partial charge on any atom is -0.491 e. The molecule has 2 nitrogen and oxygen atoms in total. The molecule has 0 amide bonds. The summed E-state index contributed by atoms with van der Waals surface area (Å²) in [6, 6.07) is 12.3. The molecule has 1 heterocycles. The second-order valence-electron chi connectivity index (χ2n) is 4.63. The van der Waals surface area contributed by atoms with E-state index >= 15 is 0 Å². The van der Waals surface area contributed by atoms with E-state index in [0.29, 0.717) is 0 Å². The van der Waals surface area contributed by atoms with Gasteiger partial charge in [0, 0.05) is 17.3 Å². The van der Waals surface area contributed by atoms with E-state index in [4.69, 9.17) is 10.5 Å². The van der Waals surface area contributed by atoms with E-state index in [1.807, 2.05) is 26.0 Å². The van der Waals surface area contributed by atoms with Gasteiger partial charge in [0.25, 0.3) is 0 Å². The molecule has 0 aliphatic carbocycles. The Bertz CT molecular complexity index is 462. The number of rotatable bonds is 5. The lowest BCUT2D eigenvalue weighted by atomic mass is 10.0. The van der Waals surface area contributed by atoms with Crippen LogP contribution in [-0.4, -0.2) is 6.10 Å². The number of thiophene rings is 1. The van der Waals surface area contributed by atoms with E-state index < -0.39 is 0 Å². The summed E-state index contributed by atoms with van der Waals surface area (Å²) in [7, 11) is 0. The van der Waals surface area contributed by atoms with Gasteiger partial charge in [-0.1, -0.05) is 18.2 Å². The number of hydrogen-bond acceptors (Lipinski definition) is 3. The Morgan fingerprint density at radius 2 is 1.89 bits per heavy atom. The van der Waals surface area contributed by atoms with Crippen molar-refractivity contribution in [3.05, 3.63) is 52.2 Å². The maximum atomic E-state index is 6.20. The summed E-state index contributed by atoms with van der Waals surface area (Å²) in [6.07, 6.45) is 1.10. The molecule has 0 radical (unpaired) electrons. The molecule has 0 saturated carbocycles. The standard InChI is InChI=1S/C15H19NOS/c1-11(2)17-13-7-5-12(6-8-13)15(16)10-14-4-3-9-18-14/h3-9,11,15H,10,16H2,1-2H3. The second-order valence-corrected chi connectivity index (χ2v) is 5.66. The third kappa shape index (κ3) is 3.59. The predicted octanol–water partition coefficient (Wildman–Crippen LogP) is 3.78. The van der Waals surface area contributed by atoms with Crippen LogP contribution in [0, 0.1) is 0 Å². The van der Waals surface area contributed by atoms with Gasteiger partial charge in [-0.3, -0.25) is 0 Å². The monoisotopic (exact) mass is 261 g/mol. The topological polar surface area (TPSA) is 35.2 Å². The summed E-state index contributed by atoms with van der Waals surface area (Å²) in [5.74, 6) is 0.900. The second kappa shape index (κ2) is 6.03. The summed E-state index contributed by atoms with van der Waals surface area (Å²) < 4.78 is 5.62. The molecular formula is C15H19NOS. The van der Waals surface area contributed by atoms with Crippen LogP contribution in [-0.2, 0) is 6.42 Å². The number of benzene rings is 1. The molecular weight excluding hydrogens is 242 g/mol. The van der Waals surface area contributed by atoms with Gasteiger partial charge in [0.1, 0.15) is 5.75 Å². The molecule has 0 spiro atoms. The van der Waals surface area contributed by atoms with Gasteiger partial charge in [-0.05, 0) is 43.0 Å². The van der Waals surface area contributed by atoms with Gasteiger partial charge in [-0.25, -0.2) is 0 Å². The van der Waals surface area contributed by atoms with Crippen molar-refractivity contribution in [1.29, 1.82) is 0 Å². The number of hydrogen-bond donors (Lipinski definition) is 1. The van der Waals surface area contributed by atoms with Crippen LogP contribution in [0.15, 0.2) is 41.8 Å². The Hall–Kier alpha value is -1.32. The Morgan fingerprint density at radius 1 is 1.17 bits per heavy atom. The Labute approximate surface area is 112 Å². The van der Waals surface area contributed by atoms with Crippen molar-refractivity contribution < 1.29 is 4.74 Å². The Morgan fingerprint density at radius 3 is 2.44 bits per heavy atom. The zero-order chi connectivity index (χ0) is 13.0. The summed E-state index contributed by atoms with van der Waals surface area (Å²) in [4.78, 5) is 1.32.